The Hall–Kier alpha value is -4.37. The van der Waals surface area contributed by atoms with E-state index in [2.05, 4.69) is 5.32 Å². The van der Waals surface area contributed by atoms with E-state index in [1.54, 1.807) is 42.5 Å². The van der Waals surface area contributed by atoms with Crippen LogP contribution in [-0.2, 0) is 14.3 Å². The summed E-state index contributed by atoms with van der Waals surface area (Å²) in [6.45, 7) is 1.85. The van der Waals surface area contributed by atoms with E-state index in [1.807, 2.05) is 37.3 Å². The molecular formula is C28H24N2O6S. The zero-order chi connectivity index (χ0) is 26.2. The van der Waals surface area contributed by atoms with Gasteiger partial charge >= 0.3 is 5.97 Å². The van der Waals surface area contributed by atoms with E-state index in [-0.39, 0.29) is 28.9 Å². The SMILES string of the molecule is Cc1ccc(NC(=O)COC(=O)c2ccc(/C=C3\SC(=O)N(CCOc4ccccc4)C3=O)cc2)cc1. The standard InChI is InChI=1S/C28H24N2O6S/c1-19-7-13-22(14-8-19)29-25(31)18-36-27(33)21-11-9-20(10-12-21)17-24-26(32)30(28(34)37-24)15-16-35-23-5-3-2-4-6-23/h2-14,17H,15-16,18H2,1H3,(H,29,31)/b24-17-. The van der Waals surface area contributed by atoms with Crippen molar-refractivity contribution in [1.82, 2.24) is 4.90 Å². The zero-order valence-electron chi connectivity index (χ0n) is 20.0. The molecule has 1 aliphatic rings. The molecule has 1 aliphatic heterocycles. The number of esters is 1. The number of nitrogens with one attached hydrogen (secondary N) is 1. The van der Waals surface area contributed by atoms with E-state index in [0.717, 1.165) is 22.2 Å². The Bertz CT molecular complexity index is 1320. The number of amides is 3. The fraction of sp³-hybridized carbons (Fsp3) is 0.143. The van der Waals surface area contributed by atoms with Gasteiger partial charge in [-0.15, -0.1) is 0 Å². The van der Waals surface area contributed by atoms with Gasteiger partial charge in [-0.1, -0.05) is 48.0 Å². The molecule has 37 heavy (non-hydrogen) atoms. The molecule has 0 radical (unpaired) electrons. The van der Waals surface area contributed by atoms with Crippen LogP contribution in [0.4, 0.5) is 10.5 Å². The average Bonchev–Trinajstić information content (AvgIpc) is 3.17. The molecule has 188 valence electrons. The minimum Gasteiger partial charge on any atom is -0.492 e. The van der Waals surface area contributed by atoms with Gasteiger partial charge in [-0.2, -0.15) is 0 Å². The minimum atomic E-state index is -0.649. The molecule has 8 nitrogen and oxygen atoms in total. The molecular weight excluding hydrogens is 492 g/mol. The molecule has 0 unspecified atom stereocenters. The summed E-state index contributed by atoms with van der Waals surface area (Å²) in [7, 11) is 0. The van der Waals surface area contributed by atoms with Crippen molar-refractivity contribution in [2.75, 3.05) is 25.1 Å². The van der Waals surface area contributed by atoms with Gasteiger partial charge in [-0.25, -0.2) is 4.79 Å². The number of aryl methyl sites for hydroxylation is 1. The number of nitrogens with zero attached hydrogens (tertiary/aromatic N) is 1. The first-order valence-corrected chi connectivity index (χ1v) is 12.3. The Morgan fingerprint density at radius 3 is 2.35 bits per heavy atom. The summed E-state index contributed by atoms with van der Waals surface area (Å²) in [6, 6.07) is 22.7. The smallest absolute Gasteiger partial charge is 0.338 e. The Balaban J connectivity index is 1.28. The topological polar surface area (TPSA) is 102 Å². The average molecular weight is 517 g/mol. The molecule has 3 amide bonds. The van der Waals surface area contributed by atoms with Gasteiger partial charge in [0.2, 0.25) is 0 Å². The molecule has 9 heteroatoms. The van der Waals surface area contributed by atoms with Crippen LogP contribution >= 0.6 is 11.8 Å². The summed E-state index contributed by atoms with van der Waals surface area (Å²) >= 11 is 0.853. The Labute approximate surface area is 218 Å². The maximum absolute atomic E-state index is 12.7. The van der Waals surface area contributed by atoms with Crippen molar-refractivity contribution in [3.63, 3.8) is 0 Å². The first-order chi connectivity index (χ1) is 17.9. The summed E-state index contributed by atoms with van der Waals surface area (Å²) in [6.07, 6.45) is 1.59. The van der Waals surface area contributed by atoms with E-state index < -0.39 is 24.4 Å². The van der Waals surface area contributed by atoms with Crippen LogP contribution in [0.2, 0.25) is 0 Å². The van der Waals surface area contributed by atoms with Gasteiger partial charge in [0, 0.05) is 5.69 Å². The molecule has 1 saturated heterocycles. The van der Waals surface area contributed by atoms with Gasteiger partial charge in [0.15, 0.2) is 6.61 Å². The zero-order valence-corrected chi connectivity index (χ0v) is 20.8. The number of hydrogen-bond donors (Lipinski definition) is 1. The summed E-state index contributed by atoms with van der Waals surface area (Å²) < 4.78 is 10.7. The molecule has 0 aliphatic carbocycles. The number of carbonyl (C=O) groups is 4. The normalized spacial score (nSPS) is 14.1. The van der Waals surface area contributed by atoms with Crippen LogP contribution in [0.25, 0.3) is 6.08 Å². The van der Waals surface area contributed by atoms with Crippen molar-refractivity contribution in [1.29, 1.82) is 0 Å². The van der Waals surface area contributed by atoms with Crippen molar-refractivity contribution in [2.45, 2.75) is 6.92 Å². The van der Waals surface area contributed by atoms with Gasteiger partial charge in [0.05, 0.1) is 17.0 Å². The van der Waals surface area contributed by atoms with E-state index in [0.29, 0.717) is 17.0 Å². The lowest BCUT2D eigenvalue weighted by atomic mass is 10.1. The highest BCUT2D eigenvalue weighted by molar-refractivity contribution is 8.18. The monoisotopic (exact) mass is 516 g/mol. The number of hydrogen-bond acceptors (Lipinski definition) is 7. The molecule has 0 saturated carbocycles. The highest BCUT2D eigenvalue weighted by atomic mass is 32.2. The molecule has 0 aromatic heterocycles. The summed E-state index contributed by atoms with van der Waals surface area (Å²) in [5, 5.41) is 2.30. The lowest BCUT2D eigenvalue weighted by Gasteiger charge is -2.13. The van der Waals surface area contributed by atoms with E-state index in [1.165, 1.54) is 12.1 Å². The summed E-state index contributed by atoms with van der Waals surface area (Å²) in [5.74, 6) is -0.826. The number of carbonyl (C=O) groups excluding carboxylic acids is 4. The Morgan fingerprint density at radius 1 is 0.946 bits per heavy atom. The van der Waals surface area contributed by atoms with Crippen LogP contribution in [0.15, 0.2) is 83.8 Å². The Kier molecular flexibility index (Phi) is 8.37. The predicted molar refractivity (Wildman–Crippen MR) is 141 cm³/mol. The lowest BCUT2D eigenvalue weighted by Crippen LogP contribution is -2.32. The lowest BCUT2D eigenvalue weighted by molar-refractivity contribution is -0.123. The van der Waals surface area contributed by atoms with Crippen molar-refractivity contribution >= 4 is 46.5 Å². The number of anilines is 1. The number of rotatable bonds is 9. The van der Waals surface area contributed by atoms with Crippen LogP contribution in [0.5, 0.6) is 5.75 Å². The van der Waals surface area contributed by atoms with Gasteiger partial charge in [-0.05, 0) is 66.7 Å². The van der Waals surface area contributed by atoms with E-state index in [9.17, 15) is 19.2 Å². The van der Waals surface area contributed by atoms with Crippen molar-refractivity contribution in [2.24, 2.45) is 0 Å². The molecule has 4 rings (SSSR count). The van der Waals surface area contributed by atoms with Crippen molar-refractivity contribution < 1.29 is 28.7 Å². The first-order valence-electron chi connectivity index (χ1n) is 11.5. The van der Waals surface area contributed by atoms with Gasteiger partial charge in [0.25, 0.3) is 17.1 Å². The van der Waals surface area contributed by atoms with Gasteiger partial charge in [-0.3, -0.25) is 19.3 Å². The minimum absolute atomic E-state index is 0.138. The molecule has 0 spiro atoms. The van der Waals surface area contributed by atoms with Crippen LogP contribution in [0, 0.1) is 6.92 Å². The highest BCUT2D eigenvalue weighted by Crippen LogP contribution is 2.32. The fourth-order valence-corrected chi connectivity index (χ4v) is 4.24. The summed E-state index contributed by atoms with van der Waals surface area (Å²) in [4.78, 5) is 50.8. The van der Waals surface area contributed by atoms with Crippen molar-refractivity contribution in [3.05, 3.63) is 100 Å². The largest absolute Gasteiger partial charge is 0.492 e. The van der Waals surface area contributed by atoms with Crippen LogP contribution in [-0.4, -0.2) is 47.7 Å². The van der Waals surface area contributed by atoms with Crippen molar-refractivity contribution in [3.8, 4) is 5.75 Å². The fourth-order valence-electron chi connectivity index (χ4n) is 3.38. The maximum atomic E-state index is 12.7. The highest BCUT2D eigenvalue weighted by Gasteiger charge is 2.34. The van der Waals surface area contributed by atoms with Crippen LogP contribution < -0.4 is 10.1 Å². The molecule has 3 aromatic carbocycles. The van der Waals surface area contributed by atoms with Gasteiger partial charge in [0.1, 0.15) is 12.4 Å². The number of para-hydroxylation sites is 1. The molecule has 0 bridgehead atoms. The quantitative estimate of drug-likeness (QED) is 0.319. The van der Waals surface area contributed by atoms with Crippen LogP contribution in [0.3, 0.4) is 0 Å². The molecule has 0 atom stereocenters. The first kappa shape index (κ1) is 25.7. The molecule has 1 fully saturated rings. The summed E-state index contributed by atoms with van der Waals surface area (Å²) in [5.41, 5.74) is 2.58. The number of ether oxygens (including phenoxy) is 2. The second-order valence-corrected chi connectivity index (χ2v) is 9.10. The Morgan fingerprint density at radius 2 is 1.65 bits per heavy atom. The second kappa shape index (κ2) is 12.0. The van der Waals surface area contributed by atoms with Gasteiger partial charge < -0.3 is 14.8 Å². The third-order valence-corrected chi connectivity index (χ3v) is 6.22. The third-order valence-electron chi connectivity index (χ3n) is 5.31. The maximum Gasteiger partial charge on any atom is 0.338 e. The van der Waals surface area contributed by atoms with Crippen LogP contribution in [0.1, 0.15) is 21.5 Å². The van der Waals surface area contributed by atoms with E-state index >= 15 is 0 Å². The molecule has 3 aromatic rings. The van der Waals surface area contributed by atoms with E-state index in [4.69, 9.17) is 9.47 Å². The molecule has 1 heterocycles. The molecule has 1 N–H and O–H groups in total. The predicted octanol–water partition coefficient (Wildman–Crippen LogP) is 4.91. The number of benzene rings is 3. The second-order valence-electron chi connectivity index (χ2n) is 8.11. The third kappa shape index (κ3) is 7.08. The number of thioether (sulfide) groups is 1. The number of imide groups is 1.